The number of hydrogen-bond acceptors (Lipinski definition) is 4. The normalized spacial score (nSPS) is 58.5. The molecule has 1 aromatic rings. The largest absolute Gasteiger partial charge is 0.493 e. The Morgan fingerprint density at radius 3 is 3.45 bits per heavy atom. The molecule has 1 spiro atoms. The summed E-state index contributed by atoms with van der Waals surface area (Å²) in [6.45, 7) is -2.82. The lowest BCUT2D eigenvalue weighted by Crippen LogP contribution is -2.64. The van der Waals surface area contributed by atoms with Crippen LogP contribution in [0, 0.1) is 5.89 Å². The van der Waals surface area contributed by atoms with Crippen LogP contribution in [0.15, 0.2) is 24.3 Å². The summed E-state index contributed by atoms with van der Waals surface area (Å²) in [5.74, 6) is -2.25. The van der Waals surface area contributed by atoms with Crippen molar-refractivity contribution in [3.63, 3.8) is 0 Å². The Kier molecular flexibility index (Phi) is 1.14. The topological polar surface area (TPSA) is 41.9 Å². The van der Waals surface area contributed by atoms with Crippen LogP contribution in [0.5, 0.6) is 11.5 Å². The zero-order valence-corrected chi connectivity index (χ0v) is 11.6. The molecular weight excluding hydrogens is 278 g/mol. The van der Waals surface area contributed by atoms with Crippen LogP contribution in [-0.2, 0) is 11.8 Å². The lowest BCUT2D eigenvalue weighted by Gasteiger charge is -2.56. The Balaban J connectivity index is 1.86. The van der Waals surface area contributed by atoms with Gasteiger partial charge in [0.15, 0.2) is 11.5 Å². The number of hydrogen-bond donors (Lipinski definition) is 1. The Bertz CT molecular complexity index is 1060. The maximum atomic E-state index is 9.50. The summed E-state index contributed by atoms with van der Waals surface area (Å²) in [4.78, 5) is 0.999. The van der Waals surface area contributed by atoms with Crippen LogP contribution in [0.4, 0.5) is 0 Å². The monoisotopic (exact) mass is 310 g/mol. The van der Waals surface area contributed by atoms with E-state index in [9.17, 15) is 1.37 Å². The fraction of sp³-hybridized carbons (Fsp3) is 0.556. The Hall–Kier alpha value is -1.52. The fourth-order valence-corrected chi connectivity index (χ4v) is 4.31. The Morgan fingerprint density at radius 1 is 1.59 bits per heavy atom. The van der Waals surface area contributed by atoms with Crippen molar-refractivity contribution < 1.29 is 28.3 Å². The molecule has 0 saturated carbocycles. The molecule has 0 radical (unpaired) electrons. The van der Waals surface area contributed by atoms with Crippen LogP contribution in [0.3, 0.4) is 0 Å². The minimum Gasteiger partial charge on any atom is -0.493 e. The maximum Gasteiger partial charge on any atom is 0.211 e. The number of piperidine rings is 1. The first-order chi connectivity index (χ1) is 15.0. The molecule has 1 N–H and O–H groups in total. The van der Waals surface area contributed by atoms with Crippen LogP contribution in [0.25, 0.3) is 0 Å². The molecular formula is C18H21NO3. The van der Waals surface area contributed by atoms with Crippen molar-refractivity contribution in [3.8, 4) is 11.5 Å². The molecule has 2 heterocycles. The van der Waals surface area contributed by atoms with E-state index in [2.05, 4.69) is 0 Å². The zero-order valence-electron chi connectivity index (χ0n) is 22.6. The van der Waals surface area contributed by atoms with Crippen molar-refractivity contribution in [2.75, 3.05) is 20.6 Å². The number of likely N-dealkylation sites (N-methyl/N-ethyl adjacent to an activating group) is 1. The molecule has 5 rings (SSSR count). The fourth-order valence-electron chi connectivity index (χ4n) is 4.31. The molecule has 4 heteroatoms. The summed E-state index contributed by atoms with van der Waals surface area (Å²) >= 11 is 0. The van der Waals surface area contributed by atoms with Gasteiger partial charge in [-0.15, -0.1) is 0 Å². The van der Waals surface area contributed by atoms with Gasteiger partial charge >= 0.3 is 0 Å². The molecule has 2 bridgehead atoms. The zero-order chi connectivity index (χ0) is 24.4. The number of nitrogens with zero attached hydrogens (tertiary/aromatic N) is 1. The van der Waals surface area contributed by atoms with E-state index in [4.69, 9.17) is 28.4 Å². The molecule has 22 heavy (non-hydrogen) atoms. The summed E-state index contributed by atoms with van der Waals surface area (Å²) in [6.07, 6.45) is -3.45. The molecule has 4 nitrogen and oxygen atoms in total. The van der Waals surface area contributed by atoms with Gasteiger partial charge < -0.3 is 19.5 Å². The average molecular weight is 310 g/mol. The Morgan fingerprint density at radius 2 is 2.59 bits per heavy atom. The summed E-state index contributed by atoms with van der Waals surface area (Å²) in [5, 5.41) is 4.71. The van der Waals surface area contributed by atoms with Gasteiger partial charge in [0.1, 0.15) is 12.2 Å². The van der Waals surface area contributed by atoms with Crippen molar-refractivity contribution in [1.29, 1.82) is 1.43 Å². The first kappa shape index (κ1) is 6.17. The molecule has 2 aliphatic carbocycles. The van der Waals surface area contributed by atoms with Gasteiger partial charge in [-0.05, 0) is 37.9 Å². The van der Waals surface area contributed by atoms with Gasteiger partial charge in [0, 0.05) is 31.1 Å². The van der Waals surface area contributed by atoms with E-state index in [1.165, 1.54) is 18.2 Å². The Labute approximate surface area is 145 Å². The van der Waals surface area contributed by atoms with Gasteiger partial charge in [-0.25, -0.2) is 0 Å². The van der Waals surface area contributed by atoms with Gasteiger partial charge in [-0.2, -0.15) is 0 Å². The van der Waals surface area contributed by atoms with Gasteiger partial charge in [-0.3, -0.25) is 0 Å². The first-order valence-corrected chi connectivity index (χ1v) is 7.18. The molecule has 2 unspecified atom stereocenters. The van der Waals surface area contributed by atoms with Gasteiger partial charge in [0.2, 0.25) is 1.43 Å². The lowest BCUT2D eigenvalue weighted by atomic mass is 9.53. The van der Waals surface area contributed by atoms with Crippen molar-refractivity contribution in [1.82, 2.24) is 4.90 Å². The van der Waals surface area contributed by atoms with Crippen molar-refractivity contribution in [2.45, 2.75) is 36.4 Å². The molecule has 5 atom stereocenters. The van der Waals surface area contributed by atoms with Crippen LogP contribution in [-0.4, -0.2) is 50.2 Å². The molecule has 0 aromatic heterocycles. The number of rotatable bonds is 2. The second-order valence-corrected chi connectivity index (χ2v) is 6.07. The minimum atomic E-state index is -2.85. The van der Waals surface area contributed by atoms with Crippen molar-refractivity contribution in [2.24, 2.45) is 5.89 Å². The average Bonchev–Trinajstić information content (AvgIpc) is 3.03. The van der Waals surface area contributed by atoms with E-state index < -0.39 is 49.9 Å². The van der Waals surface area contributed by atoms with E-state index in [-0.39, 0.29) is 35.6 Å². The third-order valence-electron chi connectivity index (χ3n) is 5.21. The summed E-state index contributed by atoms with van der Waals surface area (Å²) in [6, 6.07) is 1.09. The quantitative estimate of drug-likeness (QED) is 0.841. The maximum absolute atomic E-state index is 9.50. The summed E-state index contributed by atoms with van der Waals surface area (Å²) in [5.41, 5.74) is -1.25. The standard InChI is InChI=1S/C18H21NO3/c1-19-8-7-18-11-4-5-13(20)17(18)22-16-14(21-2)6-3-10(15(16)18)9-12(11)19/h3-6,11-13,17,20H,7-9H2,1-2H3/t11-,12+,13?,17?,18-/m0/s1/i1D3,2D3,9D2,11D,13D,20D. The van der Waals surface area contributed by atoms with Crippen LogP contribution in [0.2, 0.25) is 0 Å². The number of methoxy groups -OCH3 is 1. The van der Waals surface area contributed by atoms with Gasteiger partial charge in [0.05, 0.1) is 12.5 Å². The molecule has 1 aromatic carbocycles. The first-order valence-electron chi connectivity index (χ1n) is 12.6. The highest BCUT2D eigenvalue weighted by molar-refractivity contribution is 5.62. The lowest BCUT2D eigenvalue weighted by molar-refractivity contribution is -0.0453. The van der Waals surface area contributed by atoms with E-state index in [0.717, 1.165) is 11.0 Å². The highest BCUT2D eigenvalue weighted by Crippen LogP contribution is 2.62. The molecule has 2 aliphatic heterocycles. The predicted octanol–water partition coefficient (Wildman–Crippen LogP) is 1.50. The molecule has 1 fully saturated rings. The van der Waals surface area contributed by atoms with Gasteiger partial charge in [-0.1, -0.05) is 18.2 Å². The third kappa shape index (κ3) is 1.28. The number of aliphatic hydroxyl groups is 1. The van der Waals surface area contributed by atoms with Crippen LogP contribution < -0.4 is 9.47 Å². The van der Waals surface area contributed by atoms with E-state index in [0.29, 0.717) is 0 Å². The predicted molar refractivity (Wildman–Crippen MR) is 82.5 cm³/mol. The highest BCUT2D eigenvalue weighted by Gasteiger charge is 2.64. The highest BCUT2D eigenvalue weighted by atomic mass is 16.5. The molecule has 1 saturated heterocycles. The number of likely N-dealkylation sites (tertiary alicyclic amines) is 1. The van der Waals surface area contributed by atoms with E-state index in [1.54, 1.807) is 0 Å². The van der Waals surface area contributed by atoms with E-state index in [1.807, 2.05) is 0 Å². The molecule has 4 aliphatic rings. The van der Waals surface area contributed by atoms with Crippen LogP contribution >= 0.6 is 0 Å². The number of ether oxygens (including phenoxy) is 2. The summed E-state index contributed by atoms with van der Waals surface area (Å²) in [7, 11) is -2.85. The van der Waals surface area contributed by atoms with Crippen LogP contribution in [0.1, 0.15) is 31.3 Å². The van der Waals surface area contributed by atoms with Crippen molar-refractivity contribution >= 4 is 0 Å². The second-order valence-electron chi connectivity index (χ2n) is 6.07. The summed E-state index contributed by atoms with van der Waals surface area (Å²) < 4.78 is 101. The number of benzene rings is 1. The SMILES string of the molecule is [2H]OC1([2H])C=C[C@@]2([2H])[C@@H]3N(C([2H])([2H])[2H])CC[C@@]24c2c(ccc(OC([2H])([2H])[2H])c2OC14)C3([2H])[2H]. The second kappa shape index (κ2) is 4.06. The minimum absolute atomic E-state index is 0.0162. The third-order valence-corrected chi connectivity index (χ3v) is 5.21. The molecule has 0 amide bonds. The molecule has 116 valence electrons. The van der Waals surface area contributed by atoms with E-state index >= 15 is 0 Å². The smallest absolute Gasteiger partial charge is 0.211 e. The van der Waals surface area contributed by atoms with Crippen molar-refractivity contribution in [3.05, 3.63) is 35.4 Å². The van der Waals surface area contributed by atoms with Gasteiger partial charge in [0.25, 0.3) is 0 Å².